The number of benzene rings is 2. The number of aliphatic carboxylic acids is 1. The lowest BCUT2D eigenvalue weighted by Crippen LogP contribution is -2.40. The molecule has 4 heteroatoms. The highest BCUT2D eigenvalue weighted by molar-refractivity contribution is 6.30. The van der Waals surface area contributed by atoms with Crippen molar-refractivity contribution in [2.75, 3.05) is 5.32 Å². The largest absolute Gasteiger partial charge is 0.479 e. The maximum Gasteiger partial charge on any atom is 0.333 e. The molecule has 0 radical (unpaired) electrons. The van der Waals surface area contributed by atoms with E-state index in [4.69, 9.17) is 11.6 Å². The van der Waals surface area contributed by atoms with E-state index in [0.29, 0.717) is 10.6 Å². The molecule has 98 valence electrons. The number of carbonyl (C=O) groups is 1. The summed E-state index contributed by atoms with van der Waals surface area (Å²) in [5.41, 5.74) is 0.196. The normalized spacial score (nSPS) is 13.6. The molecule has 3 nitrogen and oxygen atoms in total. The first kappa shape index (κ1) is 13.4. The Morgan fingerprint density at radius 1 is 1.11 bits per heavy atom. The van der Waals surface area contributed by atoms with Crippen LogP contribution in [0.1, 0.15) is 12.5 Å². The maximum absolute atomic E-state index is 11.6. The topological polar surface area (TPSA) is 49.3 Å². The van der Waals surface area contributed by atoms with Crippen molar-refractivity contribution in [2.24, 2.45) is 0 Å². The predicted molar refractivity (Wildman–Crippen MR) is 76.5 cm³/mol. The fourth-order valence-electron chi connectivity index (χ4n) is 1.84. The van der Waals surface area contributed by atoms with Gasteiger partial charge in [-0.05, 0) is 36.8 Å². The van der Waals surface area contributed by atoms with Crippen LogP contribution in [0.25, 0.3) is 0 Å². The molecule has 2 aromatic rings. The number of hydrogen-bond acceptors (Lipinski definition) is 2. The Kier molecular flexibility index (Phi) is 3.76. The van der Waals surface area contributed by atoms with Crippen molar-refractivity contribution >= 4 is 23.3 Å². The van der Waals surface area contributed by atoms with Crippen LogP contribution < -0.4 is 5.32 Å². The van der Waals surface area contributed by atoms with Crippen molar-refractivity contribution in [2.45, 2.75) is 12.5 Å². The average Bonchev–Trinajstić information content (AvgIpc) is 2.40. The van der Waals surface area contributed by atoms with Crippen molar-refractivity contribution in [3.63, 3.8) is 0 Å². The molecule has 0 aliphatic carbocycles. The summed E-state index contributed by atoms with van der Waals surface area (Å²) < 4.78 is 0. The fourth-order valence-corrected chi connectivity index (χ4v) is 1.97. The van der Waals surface area contributed by atoms with Crippen LogP contribution in [0.5, 0.6) is 0 Å². The van der Waals surface area contributed by atoms with Crippen LogP contribution in [0.2, 0.25) is 5.02 Å². The Bertz CT molecular complexity index is 568. The van der Waals surface area contributed by atoms with Crippen LogP contribution in [0.15, 0.2) is 54.6 Å². The van der Waals surface area contributed by atoms with Gasteiger partial charge in [-0.25, -0.2) is 4.79 Å². The van der Waals surface area contributed by atoms with Crippen molar-refractivity contribution in [1.29, 1.82) is 0 Å². The van der Waals surface area contributed by atoms with E-state index in [1.54, 1.807) is 31.2 Å². The van der Waals surface area contributed by atoms with E-state index in [1.807, 2.05) is 30.3 Å². The Balaban J connectivity index is 2.38. The molecule has 0 saturated heterocycles. The minimum absolute atomic E-state index is 0.580. The number of rotatable bonds is 4. The molecule has 0 amide bonds. The van der Waals surface area contributed by atoms with Crippen LogP contribution in [0.4, 0.5) is 5.69 Å². The highest BCUT2D eigenvalue weighted by Gasteiger charge is 2.35. The second kappa shape index (κ2) is 5.33. The third kappa shape index (κ3) is 2.88. The molecule has 0 aliphatic rings. The Morgan fingerprint density at radius 3 is 2.21 bits per heavy atom. The summed E-state index contributed by atoms with van der Waals surface area (Å²) in [7, 11) is 0. The molecule has 0 fully saturated rings. The second-order valence-corrected chi connectivity index (χ2v) is 4.86. The van der Waals surface area contributed by atoms with Crippen molar-refractivity contribution in [3.8, 4) is 0 Å². The fraction of sp³-hybridized carbons (Fsp3) is 0.133. The predicted octanol–water partition coefficient (Wildman–Crippen LogP) is 3.75. The summed E-state index contributed by atoms with van der Waals surface area (Å²) in [6.07, 6.45) is 0. The first-order valence-electron chi connectivity index (χ1n) is 5.85. The minimum atomic E-state index is -1.20. The lowest BCUT2D eigenvalue weighted by molar-refractivity contribution is -0.142. The molecule has 2 rings (SSSR count). The van der Waals surface area contributed by atoms with Gasteiger partial charge >= 0.3 is 5.97 Å². The number of anilines is 1. The maximum atomic E-state index is 11.6. The standard InChI is InChI=1S/C15H14ClNO2/c1-15(14(18)19,11-7-9-12(16)10-8-11)17-13-5-3-2-4-6-13/h2-10,17H,1H3,(H,18,19). The van der Waals surface area contributed by atoms with E-state index in [-0.39, 0.29) is 0 Å². The van der Waals surface area contributed by atoms with E-state index in [9.17, 15) is 9.90 Å². The molecule has 19 heavy (non-hydrogen) atoms. The van der Waals surface area contributed by atoms with E-state index in [1.165, 1.54) is 0 Å². The number of hydrogen-bond donors (Lipinski definition) is 2. The number of nitrogens with one attached hydrogen (secondary N) is 1. The quantitative estimate of drug-likeness (QED) is 0.893. The Labute approximate surface area is 116 Å². The molecular weight excluding hydrogens is 262 g/mol. The number of carboxylic acids is 1. The monoisotopic (exact) mass is 275 g/mol. The molecule has 0 heterocycles. The molecule has 1 atom stereocenters. The van der Waals surface area contributed by atoms with E-state index in [0.717, 1.165) is 5.69 Å². The molecule has 0 bridgehead atoms. The minimum Gasteiger partial charge on any atom is -0.479 e. The molecular formula is C15H14ClNO2. The van der Waals surface area contributed by atoms with Gasteiger partial charge in [0.05, 0.1) is 0 Å². The first-order valence-corrected chi connectivity index (χ1v) is 6.23. The highest BCUT2D eigenvalue weighted by Crippen LogP contribution is 2.27. The molecule has 0 saturated carbocycles. The summed E-state index contributed by atoms with van der Waals surface area (Å²) in [5.74, 6) is -0.946. The van der Waals surface area contributed by atoms with Gasteiger partial charge in [-0.3, -0.25) is 0 Å². The van der Waals surface area contributed by atoms with Gasteiger partial charge in [0.15, 0.2) is 5.54 Å². The second-order valence-electron chi connectivity index (χ2n) is 4.43. The van der Waals surface area contributed by atoms with Gasteiger partial charge in [0.25, 0.3) is 0 Å². The van der Waals surface area contributed by atoms with Gasteiger partial charge in [0.2, 0.25) is 0 Å². The van der Waals surface area contributed by atoms with Gasteiger partial charge in [0, 0.05) is 10.7 Å². The zero-order valence-electron chi connectivity index (χ0n) is 10.4. The Hall–Kier alpha value is -2.00. The zero-order chi connectivity index (χ0) is 13.9. The first-order chi connectivity index (χ1) is 9.02. The van der Waals surface area contributed by atoms with Gasteiger partial charge in [-0.2, -0.15) is 0 Å². The van der Waals surface area contributed by atoms with Crippen molar-refractivity contribution in [3.05, 3.63) is 65.2 Å². The smallest absolute Gasteiger partial charge is 0.333 e. The molecule has 2 aromatic carbocycles. The van der Waals surface area contributed by atoms with E-state index < -0.39 is 11.5 Å². The van der Waals surface area contributed by atoms with E-state index >= 15 is 0 Å². The average molecular weight is 276 g/mol. The number of para-hydroxylation sites is 1. The van der Waals surface area contributed by atoms with Gasteiger partial charge in [-0.15, -0.1) is 0 Å². The summed E-state index contributed by atoms with van der Waals surface area (Å²) in [6.45, 7) is 1.63. The molecule has 1 unspecified atom stereocenters. The summed E-state index contributed by atoms with van der Waals surface area (Å²) in [4.78, 5) is 11.6. The van der Waals surface area contributed by atoms with Crippen LogP contribution in [-0.2, 0) is 10.3 Å². The SMILES string of the molecule is CC(Nc1ccccc1)(C(=O)O)c1ccc(Cl)cc1. The third-order valence-corrected chi connectivity index (χ3v) is 3.27. The van der Waals surface area contributed by atoms with Crippen LogP contribution in [0, 0.1) is 0 Å². The number of carboxylic acid groups (broad SMARTS) is 1. The summed E-state index contributed by atoms with van der Waals surface area (Å²) in [5, 5.41) is 13.1. The molecule has 0 aliphatic heterocycles. The lowest BCUT2D eigenvalue weighted by atomic mass is 9.91. The van der Waals surface area contributed by atoms with Gasteiger partial charge in [0.1, 0.15) is 0 Å². The number of halogens is 1. The van der Waals surface area contributed by atoms with Gasteiger partial charge < -0.3 is 10.4 Å². The summed E-state index contributed by atoms with van der Waals surface area (Å²) >= 11 is 5.83. The van der Waals surface area contributed by atoms with Crippen LogP contribution in [-0.4, -0.2) is 11.1 Å². The van der Waals surface area contributed by atoms with E-state index in [2.05, 4.69) is 5.32 Å². The third-order valence-electron chi connectivity index (χ3n) is 3.02. The Morgan fingerprint density at radius 2 is 1.68 bits per heavy atom. The van der Waals surface area contributed by atoms with Crippen LogP contribution in [0.3, 0.4) is 0 Å². The molecule has 0 spiro atoms. The summed E-state index contributed by atoms with van der Waals surface area (Å²) in [6, 6.07) is 16.0. The van der Waals surface area contributed by atoms with Gasteiger partial charge in [-0.1, -0.05) is 41.9 Å². The van der Waals surface area contributed by atoms with Crippen molar-refractivity contribution < 1.29 is 9.90 Å². The molecule has 2 N–H and O–H groups in total. The zero-order valence-corrected chi connectivity index (χ0v) is 11.2. The van der Waals surface area contributed by atoms with Crippen LogP contribution >= 0.6 is 11.6 Å². The lowest BCUT2D eigenvalue weighted by Gasteiger charge is -2.28. The van der Waals surface area contributed by atoms with Crippen molar-refractivity contribution in [1.82, 2.24) is 0 Å². The highest BCUT2D eigenvalue weighted by atomic mass is 35.5. The molecule has 0 aromatic heterocycles.